The molecule has 0 radical (unpaired) electrons. The Hall–Kier alpha value is -1.55. The summed E-state index contributed by atoms with van der Waals surface area (Å²) in [6, 6.07) is 6.18. The van der Waals surface area contributed by atoms with Crippen LogP contribution in [0.4, 0.5) is 0 Å². The van der Waals surface area contributed by atoms with Crippen LogP contribution in [0.25, 0.3) is 10.9 Å². The Morgan fingerprint density at radius 2 is 2.33 bits per heavy atom. The number of hydrogen-bond acceptors (Lipinski definition) is 3. The zero-order valence-corrected chi connectivity index (χ0v) is 11.0. The molecule has 18 heavy (non-hydrogen) atoms. The summed E-state index contributed by atoms with van der Waals surface area (Å²) < 4.78 is 1.95. The van der Waals surface area contributed by atoms with E-state index in [1.807, 2.05) is 16.8 Å². The van der Waals surface area contributed by atoms with Crippen LogP contribution in [0.15, 0.2) is 23.2 Å². The minimum absolute atomic E-state index is 0.568. The van der Waals surface area contributed by atoms with Crippen molar-refractivity contribution in [1.82, 2.24) is 15.1 Å². The van der Waals surface area contributed by atoms with Crippen molar-refractivity contribution in [2.24, 2.45) is 4.99 Å². The second-order valence-electron chi connectivity index (χ2n) is 4.37. The van der Waals surface area contributed by atoms with E-state index in [0.29, 0.717) is 11.7 Å². The van der Waals surface area contributed by atoms with Crippen molar-refractivity contribution in [1.29, 1.82) is 0 Å². The molecule has 1 aromatic carbocycles. The van der Waals surface area contributed by atoms with Gasteiger partial charge in [0, 0.05) is 11.9 Å². The van der Waals surface area contributed by atoms with E-state index in [0.717, 1.165) is 36.2 Å². The predicted octanol–water partition coefficient (Wildman–Crippen LogP) is 2.25. The van der Waals surface area contributed by atoms with E-state index in [-0.39, 0.29) is 0 Å². The van der Waals surface area contributed by atoms with Gasteiger partial charge in [0.15, 0.2) is 5.15 Å². The van der Waals surface area contributed by atoms with Gasteiger partial charge in [0.2, 0.25) is 0 Å². The average Bonchev–Trinajstić information content (AvgIpc) is 2.99. The van der Waals surface area contributed by atoms with Crippen LogP contribution in [0.3, 0.4) is 0 Å². The van der Waals surface area contributed by atoms with E-state index in [9.17, 15) is 0 Å². The number of benzene rings is 1. The Labute approximate surface area is 111 Å². The summed E-state index contributed by atoms with van der Waals surface area (Å²) in [6.07, 6.45) is 0.971. The Balaban J connectivity index is 2.10. The molecule has 1 aliphatic heterocycles. The normalized spacial score (nSPS) is 14.9. The standard InChI is InChI=1S/C13H15ClN4/c1-2-9-4-3-5-10-12(9)18(17-13(10)14)8-11-15-6-7-16-11/h3-5H,2,6-8H2,1H3,(H,15,16). The largest absolute Gasteiger partial charge is 0.370 e. The van der Waals surface area contributed by atoms with E-state index in [1.165, 1.54) is 5.56 Å². The number of aliphatic imine (C=N–C) groups is 1. The van der Waals surface area contributed by atoms with Crippen molar-refractivity contribution < 1.29 is 0 Å². The Bertz CT molecular complexity index is 615. The molecule has 0 amide bonds. The van der Waals surface area contributed by atoms with Gasteiger partial charge in [-0.3, -0.25) is 9.67 Å². The molecule has 2 aromatic rings. The van der Waals surface area contributed by atoms with Crippen molar-refractivity contribution in [2.45, 2.75) is 19.9 Å². The van der Waals surface area contributed by atoms with Gasteiger partial charge in [-0.1, -0.05) is 30.7 Å². The lowest BCUT2D eigenvalue weighted by atomic mass is 10.1. The number of halogens is 1. The second-order valence-corrected chi connectivity index (χ2v) is 4.73. The number of nitrogens with zero attached hydrogens (tertiary/aromatic N) is 3. The molecular formula is C13H15ClN4. The molecule has 1 aliphatic rings. The zero-order valence-electron chi connectivity index (χ0n) is 10.3. The molecular weight excluding hydrogens is 248 g/mol. The maximum atomic E-state index is 6.20. The highest BCUT2D eigenvalue weighted by molar-refractivity contribution is 6.34. The highest BCUT2D eigenvalue weighted by Gasteiger charge is 2.14. The van der Waals surface area contributed by atoms with Gasteiger partial charge in [-0.15, -0.1) is 0 Å². The summed E-state index contributed by atoms with van der Waals surface area (Å²) in [6.45, 7) is 4.58. The molecule has 0 fully saturated rings. The molecule has 0 bridgehead atoms. The Morgan fingerprint density at radius 3 is 3.06 bits per heavy atom. The number of aryl methyl sites for hydroxylation is 1. The van der Waals surface area contributed by atoms with Gasteiger partial charge in [0.25, 0.3) is 0 Å². The third-order valence-electron chi connectivity index (χ3n) is 3.23. The molecule has 4 nitrogen and oxygen atoms in total. The van der Waals surface area contributed by atoms with Crippen LogP contribution in [0.2, 0.25) is 5.15 Å². The van der Waals surface area contributed by atoms with Crippen molar-refractivity contribution >= 4 is 28.3 Å². The summed E-state index contributed by atoms with van der Waals surface area (Å²) in [4.78, 5) is 4.40. The minimum Gasteiger partial charge on any atom is -0.370 e. The quantitative estimate of drug-likeness (QED) is 0.922. The lowest BCUT2D eigenvalue weighted by Crippen LogP contribution is -2.24. The second kappa shape index (κ2) is 4.61. The molecule has 5 heteroatoms. The van der Waals surface area contributed by atoms with Crippen LogP contribution in [0.5, 0.6) is 0 Å². The molecule has 0 saturated carbocycles. The van der Waals surface area contributed by atoms with Gasteiger partial charge < -0.3 is 5.32 Å². The number of fused-ring (bicyclic) bond motifs is 1. The average molecular weight is 263 g/mol. The fourth-order valence-corrected chi connectivity index (χ4v) is 2.61. The summed E-state index contributed by atoms with van der Waals surface area (Å²) >= 11 is 6.20. The molecule has 1 aromatic heterocycles. The smallest absolute Gasteiger partial charge is 0.158 e. The van der Waals surface area contributed by atoms with Crippen LogP contribution in [0.1, 0.15) is 12.5 Å². The summed E-state index contributed by atoms with van der Waals surface area (Å²) in [5.41, 5.74) is 2.40. The first kappa shape index (κ1) is 11.5. The fraction of sp³-hybridized carbons (Fsp3) is 0.385. The van der Waals surface area contributed by atoms with Crippen molar-refractivity contribution in [3.05, 3.63) is 28.9 Å². The number of para-hydroxylation sites is 1. The molecule has 1 N–H and O–H groups in total. The van der Waals surface area contributed by atoms with Crippen LogP contribution in [-0.4, -0.2) is 28.7 Å². The van der Waals surface area contributed by atoms with Gasteiger partial charge in [0.1, 0.15) is 5.84 Å². The van der Waals surface area contributed by atoms with Crippen molar-refractivity contribution in [3.63, 3.8) is 0 Å². The molecule has 0 spiro atoms. The maximum absolute atomic E-state index is 6.20. The first-order chi connectivity index (χ1) is 8.79. The van der Waals surface area contributed by atoms with E-state index in [1.54, 1.807) is 0 Å². The third-order valence-corrected chi connectivity index (χ3v) is 3.51. The van der Waals surface area contributed by atoms with E-state index in [2.05, 4.69) is 28.4 Å². The summed E-state index contributed by atoms with van der Waals surface area (Å²) in [5.74, 6) is 0.988. The van der Waals surface area contributed by atoms with Crippen LogP contribution >= 0.6 is 11.6 Å². The van der Waals surface area contributed by atoms with E-state index in [4.69, 9.17) is 11.6 Å². The Morgan fingerprint density at radius 1 is 1.44 bits per heavy atom. The van der Waals surface area contributed by atoms with Gasteiger partial charge in [0.05, 0.1) is 18.6 Å². The van der Waals surface area contributed by atoms with Gasteiger partial charge in [-0.25, -0.2) is 0 Å². The van der Waals surface area contributed by atoms with E-state index >= 15 is 0 Å². The number of amidine groups is 1. The van der Waals surface area contributed by atoms with Gasteiger partial charge in [-0.05, 0) is 18.1 Å². The number of rotatable bonds is 3. The lowest BCUT2D eigenvalue weighted by molar-refractivity contribution is 0.736. The van der Waals surface area contributed by atoms with Gasteiger partial charge in [-0.2, -0.15) is 5.10 Å². The topological polar surface area (TPSA) is 42.2 Å². The number of hydrogen-bond donors (Lipinski definition) is 1. The zero-order chi connectivity index (χ0) is 12.5. The molecule has 0 unspecified atom stereocenters. The third kappa shape index (κ3) is 1.86. The van der Waals surface area contributed by atoms with Crippen molar-refractivity contribution in [2.75, 3.05) is 13.1 Å². The molecule has 0 aliphatic carbocycles. The lowest BCUT2D eigenvalue weighted by Gasteiger charge is -2.07. The van der Waals surface area contributed by atoms with Gasteiger partial charge >= 0.3 is 0 Å². The minimum atomic E-state index is 0.568. The number of nitrogens with one attached hydrogen (secondary N) is 1. The molecule has 0 saturated heterocycles. The summed E-state index contributed by atoms with van der Waals surface area (Å²) in [7, 11) is 0. The number of aromatic nitrogens is 2. The van der Waals surface area contributed by atoms with E-state index < -0.39 is 0 Å². The van der Waals surface area contributed by atoms with Crippen LogP contribution in [0, 0.1) is 0 Å². The highest BCUT2D eigenvalue weighted by atomic mass is 35.5. The predicted molar refractivity (Wildman–Crippen MR) is 74.4 cm³/mol. The van der Waals surface area contributed by atoms with Crippen molar-refractivity contribution in [3.8, 4) is 0 Å². The Kier molecular flexibility index (Phi) is 2.96. The first-order valence-corrected chi connectivity index (χ1v) is 6.58. The highest BCUT2D eigenvalue weighted by Crippen LogP contribution is 2.26. The first-order valence-electron chi connectivity index (χ1n) is 6.20. The summed E-state index contributed by atoms with van der Waals surface area (Å²) in [5, 5.41) is 9.28. The monoisotopic (exact) mass is 262 g/mol. The van der Waals surface area contributed by atoms with Crippen LogP contribution in [-0.2, 0) is 13.0 Å². The molecule has 0 atom stereocenters. The van der Waals surface area contributed by atoms with Crippen LogP contribution < -0.4 is 5.32 Å². The fourth-order valence-electron chi connectivity index (χ4n) is 2.37. The maximum Gasteiger partial charge on any atom is 0.158 e. The molecule has 2 heterocycles. The SMILES string of the molecule is CCc1cccc2c(Cl)nn(CC3=NCCN3)c12. The molecule has 3 rings (SSSR count). The molecule has 94 valence electrons.